The van der Waals surface area contributed by atoms with Gasteiger partial charge in [0, 0.05) is 24.0 Å². The number of nitrogens with two attached hydrogens (primary N) is 1. The van der Waals surface area contributed by atoms with Gasteiger partial charge in [-0.25, -0.2) is 0 Å². The zero-order chi connectivity index (χ0) is 18.1. The smallest absolute Gasteiger partial charge is 0.174 e. The van der Waals surface area contributed by atoms with Crippen molar-refractivity contribution >= 4 is 28.7 Å². The predicted octanol–water partition coefficient (Wildman–Crippen LogP) is 3.63. The molecule has 5 nitrogen and oxygen atoms in total. The van der Waals surface area contributed by atoms with Gasteiger partial charge in [-0.05, 0) is 79.7 Å². The molecule has 0 spiro atoms. The summed E-state index contributed by atoms with van der Waals surface area (Å²) < 4.78 is 8.72. The van der Waals surface area contributed by atoms with Crippen LogP contribution in [0.25, 0.3) is 11.0 Å². The fraction of sp³-hybridized carbons (Fsp3) is 0.350. The number of nitrogen functional groups attached to an aromatic ring is 1. The van der Waals surface area contributed by atoms with Gasteiger partial charge >= 0.3 is 0 Å². The maximum atomic E-state index is 5.85. The van der Waals surface area contributed by atoms with Gasteiger partial charge in [0.25, 0.3) is 0 Å². The Kier molecular flexibility index (Phi) is 4.89. The van der Waals surface area contributed by atoms with Gasteiger partial charge < -0.3 is 15.2 Å². The van der Waals surface area contributed by atoms with E-state index in [1.807, 2.05) is 6.07 Å². The average molecular weight is 369 g/mol. The molecule has 4 rings (SSSR count). The minimum absolute atomic E-state index is 0.331. The lowest BCUT2D eigenvalue weighted by molar-refractivity contribution is 0.312. The molecular formula is C20H24N4OS. The van der Waals surface area contributed by atoms with Crippen molar-refractivity contribution in [2.75, 3.05) is 19.3 Å². The molecule has 1 atom stereocenters. The summed E-state index contributed by atoms with van der Waals surface area (Å²) in [6.07, 6.45) is 2.07. The van der Waals surface area contributed by atoms with Crippen molar-refractivity contribution in [2.24, 2.45) is 0 Å². The summed E-state index contributed by atoms with van der Waals surface area (Å²) in [7, 11) is 2.18. The van der Waals surface area contributed by atoms with Crippen LogP contribution in [-0.4, -0.2) is 29.7 Å². The summed E-state index contributed by atoms with van der Waals surface area (Å²) in [5.74, 6) is 0.455. The van der Waals surface area contributed by atoms with Gasteiger partial charge in [0.15, 0.2) is 11.4 Å². The lowest BCUT2D eigenvalue weighted by atomic mass is 10.0. The Labute approximate surface area is 158 Å². The molecule has 0 saturated heterocycles. The number of rotatable bonds is 5. The van der Waals surface area contributed by atoms with Crippen LogP contribution in [-0.2, 0) is 19.4 Å². The predicted molar refractivity (Wildman–Crippen MR) is 107 cm³/mol. The SMILES string of the molecule is CC(Cc1ccc2onc(N)c2c1)NSc1ccc2c(c1)CN(C)CC2. The summed E-state index contributed by atoms with van der Waals surface area (Å²) in [5.41, 5.74) is 10.7. The van der Waals surface area contributed by atoms with Crippen molar-refractivity contribution in [1.29, 1.82) is 0 Å². The van der Waals surface area contributed by atoms with E-state index in [1.165, 1.54) is 21.6 Å². The number of aromatic nitrogens is 1. The molecule has 2 aromatic carbocycles. The van der Waals surface area contributed by atoms with Gasteiger partial charge in [0.1, 0.15) is 0 Å². The highest BCUT2D eigenvalue weighted by molar-refractivity contribution is 7.97. The van der Waals surface area contributed by atoms with Gasteiger partial charge in [-0.15, -0.1) is 0 Å². The second kappa shape index (κ2) is 7.31. The fourth-order valence-electron chi connectivity index (χ4n) is 3.43. The van der Waals surface area contributed by atoms with Crippen molar-refractivity contribution in [3.8, 4) is 0 Å². The Hall–Kier alpha value is -2.02. The van der Waals surface area contributed by atoms with E-state index in [0.717, 1.165) is 36.9 Å². The molecule has 0 radical (unpaired) electrons. The quantitative estimate of drug-likeness (QED) is 0.671. The molecule has 0 saturated carbocycles. The van der Waals surface area contributed by atoms with Gasteiger partial charge in [-0.3, -0.25) is 4.72 Å². The largest absolute Gasteiger partial charge is 0.380 e. The summed E-state index contributed by atoms with van der Waals surface area (Å²) in [6, 6.07) is 13.2. The molecule has 3 aromatic rings. The van der Waals surface area contributed by atoms with Gasteiger partial charge in [-0.1, -0.05) is 17.3 Å². The summed E-state index contributed by atoms with van der Waals surface area (Å²) >= 11 is 1.71. The highest BCUT2D eigenvalue weighted by atomic mass is 32.2. The van der Waals surface area contributed by atoms with Crippen molar-refractivity contribution in [3.05, 3.63) is 53.1 Å². The molecular weight excluding hydrogens is 344 g/mol. The molecule has 2 heterocycles. The topological polar surface area (TPSA) is 67.3 Å². The van der Waals surface area contributed by atoms with E-state index in [1.54, 1.807) is 11.9 Å². The van der Waals surface area contributed by atoms with Crippen molar-refractivity contribution in [3.63, 3.8) is 0 Å². The zero-order valence-corrected chi connectivity index (χ0v) is 16.0. The second-order valence-electron chi connectivity index (χ2n) is 7.14. The maximum absolute atomic E-state index is 5.85. The lowest BCUT2D eigenvalue weighted by Crippen LogP contribution is -2.26. The minimum atomic E-state index is 0.331. The Bertz CT molecular complexity index is 923. The number of hydrogen-bond acceptors (Lipinski definition) is 6. The number of likely N-dealkylation sites (N-methyl/N-ethyl adjacent to an activating group) is 1. The molecule has 1 aromatic heterocycles. The molecule has 0 bridgehead atoms. The standard InChI is InChI=1S/C20H24N4OS/c1-13(9-14-3-6-19-18(10-14)20(21)22-25-19)23-26-17-5-4-15-7-8-24(2)12-16(15)11-17/h3-6,10-11,13,23H,7-9,12H2,1-2H3,(H2,21,22). The zero-order valence-electron chi connectivity index (χ0n) is 15.2. The third-order valence-corrected chi connectivity index (χ3v) is 5.87. The number of nitrogens with zero attached hydrogens (tertiary/aromatic N) is 2. The van der Waals surface area contributed by atoms with Crippen LogP contribution in [0.3, 0.4) is 0 Å². The third-order valence-electron chi connectivity index (χ3n) is 4.86. The molecule has 1 aliphatic rings. The molecule has 26 heavy (non-hydrogen) atoms. The normalized spacial score (nSPS) is 15.9. The van der Waals surface area contributed by atoms with Crippen LogP contribution in [0.2, 0.25) is 0 Å². The van der Waals surface area contributed by atoms with E-state index in [4.69, 9.17) is 10.3 Å². The molecule has 1 unspecified atom stereocenters. The van der Waals surface area contributed by atoms with Gasteiger partial charge in [0.05, 0.1) is 5.39 Å². The van der Waals surface area contributed by atoms with Crippen LogP contribution in [0.15, 0.2) is 45.8 Å². The molecule has 6 heteroatoms. The first-order valence-electron chi connectivity index (χ1n) is 8.95. The van der Waals surface area contributed by atoms with E-state index in [2.05, 4.69) is 59.1 Å². The Balaban J connectivity index is 1.38. The van der Waals surface area contributed by atoms with E-state index >= 15 is 0 Å². The monoisotopic (exact) mass is 368 g/mol. The second-order valence-corrected chi connectivity index (χ2v) is 8.05. The number of fused-ring (bicyclic) bond motifs is 2. The summed E-state index contributed by atoms with van der Waals surface area (Å²) in [6.45, 7) is 4.38. The van der Waals surface area contributed by atoms with E-state index in [0.29, 0.717) is 11.9 Å². The Morgan fingerprint density at radius 1 is 1.27 bits per heavy atom. The maximum Gasteiger partial charge on any atom is 0.174 e. The molecule has 136 valence electrons. The minimum Gasteiger partial charge on any atom is -0.380 e. The first kappa shape index (κ1) is 17.4. The lowest BCUT2D eigenvalue weighted by Gasteiger charge is -2.25. The molecule has 1 aliphatic heterocycles. The van der Waals surface area contributed by atoms with Crippen LogP contribution in [0.5, 0.6) is 0 Å². The Morgan fingerprint density at radius 2 is 2.15 bits per heavy atom. The average Bonchev–Trinajstić information content (AvgIpc) is 3.00. The van der Waals surface area contributed by atoms with Crippen LogP contribution in [0, 0.1) is 0 Å². The fourth-order valence-corrected chi connectivity index (χ4v) is 4.19. The number of nitrogens with one attached hydrogen (secondary N) is 1. The van der Waals surface area contributed by atoms with Crippen molar-refractivity contribution < 1.29 is 4.52 Å². The van der Waals surface area contributed by atoms with Crippen molar-refractivity contribution in [2.45, 2.75) is 37.2 Å². The van der Waals surface area contributed by atoms with E-state index in [-0.39, 0.29) is 0 Å². The van der Waals surface area contributed by atoms with Crippen molar-refractivity contribution in [1.82, 2.24) is 14.8 Å². The Morgan fingerprint density at radius 3 is 3.04 bits per heavy atom. The van der Waals surface area contributed by atoms with Crippen LogP contribution in [0.4, 0.5) is 5.82 Å². The first-order chi connectivity index (χ1) is 12.6. The van der Waals surface area contributed by atoms with Gasteiger partial charge in [0.2, 0.25) is 0 Å². The molecule has 0 aliphatic carbocycles. The summed E-state index contributed by atoms with van der Waals surface area (Å²) in [4.78, 5) is 3.64. The van der Waals surface area contributed by atoms with E-state index in [9.17, 15) is 0 Å². The van der Waals surface area contributed by atoms with Gasteiger partial charge in [-0.2, -0.15) is 0 Å². The summed E-state index contributed by atoms with van der Waals surface area (Å²) in [5, 5.41) is 4.70. The van der Waals surface area contributed by atoms with Crippen LogP contribution < -0.4 is 10.5 Å². The van der Waals surface area contributed by atoms with Crippen LogP contribution in [0.1, 0.15) is 23.6 Å². The highest BCUT2D eigenvalue weighted by Crippen LogP contribution is 2.25. The van der Waals surface area contributed by atoms with Crippen LogP contribution >= 0.6 is 11.9 Å². The molecule has 0 fully saturated rings. The number of anilines is 1. The van der Waals surface area contributed by atoms with E-state index < -0.39 is 0 Å². The molecule has 3 N–H and O–H groups in total. The first-order valence-corrected chi connectivity index (χ1v) is 9.76. The molecule has 0 amide bonds. The number of benzene rings is 2. The third kappa shape index (κ3) is 3.72. The highest BCUT2D eigenvalue weighted by Gasteiger charge is 2.14. The number of hydrogen-bond donors (Lipinski definition) is 2.